The molecular formula is C14H15ClN2O. The van der Waals surface area contributed by atoms with Crippen molar-refractivity contribution in [2.45, 2.75) is 13.0 Å². The van der Waals surface area contributed by atoms with E-state index in [1.165, 1.54) is 0 Å². The maximum atomic E-state index is 11.8. The van der Waals surface area contributed by atoms with Crippen molar-refractivity contribution in [3.8, 4) is 0 Å². The minimum atomic E-state index is -0.0213. The molecule has 2 aromatic rings. The molecule has 0 aliphatic carbocycles. The second-order valence-corrected chi connectivity index (χ2v) is 4.64. The zero-order chi connectivity index (χ0) is 13.0. The number of rotatable bonds is 4. The molecule has 0 saturated carbocycles. The Morgan fingerprint density at radius 2 is 2.11 bits per heavy atom. The van der Waals surface area contributed by atoms with Crippen LogP contribution in [-0.4, -0.2) is 10.5 Å². The molecule has 0 spiro atoms. The summed E-state index contributed by atoms with van der Waals surface area (Å²) < 4.78 is 1.95. The number of aromatic nitrogens is 1. The number of hydrogen-bond donors (Lipinski definition) is 1. The molecule has 1 amide bonds. The van der Waals surface area contributed by atoms with Crippen LogP contribution >= 0.6 is 11.6 Å². The van der Waals surface area contributed by atoms with E-state index >= 15 is 0 Å². The largest absolute Gasteiger partial charge is 0.357 e. The Balaban J connectivity index is 1.88. The predicted molar refractivity (Wildman–Crippen MR) is 72.4 cm³/mol. The summed E-state index contributed by atoms with van der Waals surface area (Å²) in [7, 11) is 1.95. The van der Waals surface area contributed by atoms with Gasteiger partial charge in [0.2, 0.25) is 5.91 Å². The molecule has 18 heavy (non-hydrogen) atoms. The molecule has 0 aliphatic heterocycles. The van der Waals surface area contributed by atoms with Crippen molar-refractivity contribution >= 4 is 17.5 Å². The monoisotopic (exact) mass is 262 g/mol. The highest BCUT2D eigenvalue weighted by Crippen LogP contribution is 2.15. The summed E-state index contributed by atoms with van der Waals surface area (Å²) in [5.74, 6) is -0.0213. The quantitative estimate of drug-likeness (QED) is 0.903. The Hall–Kier alpha value is -1.74. The topological polar surface area (TPSA) is 34.0 Å². The Labute approximate surface area is 111 Å². The fourth-order valence-corrected chi connectivity index (χ4v) is 1.95. The van der Waals surface area contributed by atoms with E-state index < -0.39 is 0 Å². The number of benzene rings is 1. The highest BCUT2D eigenvalue weighted by Gasteiger charge is 2.06. The van der Waals surface area contributed by atoms with Crippen LogP contribution in [-0.2, 0) is 24.8 Å². The minimum Gasteiger partial charge on any atom is -0.357 e. The highest BCUT2D eigenvalue weighted by atomic mass is 35.5. The van der Waals surface area contributed by atoms with Crippen molar-refractivity contribution in [2.24, 2.45) is 7.05 Å². The smallest absolute Gasteiger partial charge is 0.224 e. The first-order valence-electron chi connectivity index (χ1n) is 5.76. The van der Waals surface area contributed by atoms with E-state index in [0.29, 0.717) is 18.0 Å². The van der Waals surface area contributed by atoms with Gasteiger partial charge in [0.1, 0.15) is 0 Å². The Bertz CT molecular complexity index is 548. The van der Waals surface area contributed by atoms with Gasteiger partial charge >= 0.3 is 0 Å². The van der Waals surface area contributed by atoms with Gasteiger partial charge in [0.25, 0.3) is 0 Å². The fraction of sp³-hybridized carbons (Fsp3) is 0.214. The van der Waals surface area contributed by atoms with Crippen LogP contribution in [0.3, 0.4) is 0 Å². The number of amides is 1. The second-order valence-electron chi connectivity index (χ2n) is 4.23. The molecule has 0 fully saturated rings. The lowest BCUT2D eigenvalue weighted by molar-refractivity contribution is -0.120. The maximum absolute atomic E-state index is 11.8. The number of carbonyl (C=O) groups is 1. The van der Waals surface area contributed by atoms with Gasteiger partial charge in [-0.15, -0.1) is 0 Å². The zero-order valence-corrected chi connectivity index (χ0v) is 10.9. The van der Waals surface area contributed by atoms with Gasteiger partial charge in [0.15, 0.2) is 0 Å². The van der Waals surface area contributed by atoms with E-state index in [1.807, 2.05) is 48.3 Å². The average molecular weight is 263 g/mol. The number of nitrogens with zero attached hydrogens (tertiary/aromatic N) is 1. The molecular weight excluding hydrogens is 248 g/mol. The number of nitrogens with one attached hydrogen (secondary N) is 1. The van der Waals surface area contributed by atoms with Crippen LogP contribution in [0.1, 0.15) is 11.1 Å². The normalized spacial score (nSPS) is 10.3. The van der Waals surface area contributed by atoms with Crippen LogP contribution in [0.5, 0.6) is 0 Å². The first kappa shape index (κ1) is 12.7. The van der Waals surface area contributed by atoms with Crippen molar-refractivity contribution in [3.63, 3.8) is 0 Å². The predicted octanol–water partition coefficient (Wildman–Crippen LogP) is 2.54. The molecule has 0 saturated heterocycles. The van der Waals surface area contributed by atoms with Gasteiger partial charge in [-0.3, -0.25) is 4.79 Å². The van der Waals surface area contributed by atoms with E-state index in [0.717, 1.165) is 11.1 Å². The van der Waals surface area contributed by atoms with E-state index in [-0.39, 0.29) is 5.91 Å². The standard InChI is InChI=1S/C14H15ClN2O/c1-17-7-6-11(10-17)9-16-14(18)8-12-4-2-3-5-13(12)15/h2-7,10H,8-9H2,1H3,(H,16,18). The summed E-state index contributed by atoms with van der Waals surface area (Å²) in [4.78, 5) is 11.8. The van der Waals surface area contributed by atoms with Gasteiger partial charge in [-0.25, -0.2) is 0 Å². The van der Waals surface area contributed by atoms with Gasteiger partial charge < -0.3 is 9.88 Å². The lowest BCUT2D eigenvalue weighted by Gasteiger charge is -2.05. The van der Waals surface area contributed by atoms with Crippen molar-refractivity contribution < 1.29 is 4.79 Å². The van der Waals surface area contributed by atoms with Gasteiger partial charge in [-0.05, 0) is 23.3 Å². The van der Waals surface area contributed by atoms with E-state index in [9.17, 15) is 4.79 Å². The van der Waals surface area contributed by atoms with E-state index in [2.05, 4.69) is 5.32 Å². The van der Waals surface area contributed by atoms with Crippen molar-refractivity contribution in [1.82, 2.24) is 9.88 Å². The van der Waals surface area contributed by atoms with Gasteiger partial charge in [0, 0.05) is 31.0 Å². The minimum absolute atomic E-state index is 0.0213. The molecule has 2 rings (SSSR count). The summed E-state index contributed by atoms with van der Waals surface area (Å²) in [5.41, 5.74) is 1.94. The molecule has 3 nitrogen and oxygen atoms in total. The Morgan fingerprint density at radius 3 is 2.78 bits per heavy atom. The summed E-state index contributed by atoms with van der Waals surface area (Å²) in [6.07, 6.45) is 4.25. The number of halogens is 1. The molecule has 1 N–H and O–H groups in total. The van der Waals surface area contributed by atoms with Gasteiger partial charge in [-0.1, -0.05) is 29.8 Å². The Kier molecular flexibility index (Phi) is 4.05. The number of carbonyl (C=O) groups excluding carboxylic acids is 1. The summed E-state index contributed by atoms with van der Waals surface area (Å²) in [6.45, 7) is 0.546. The lowest BCUT2D eigenvalue weighted by atomic mass is 10.1. The molecule has 1 aromatic heterocycles. The van der Waals surface area contributed by atoms with Crippen molar-refractivity contribution in [3.05, 3.63) is 58.9 Å². The molecule has 0 unspecified atom stereocenters. The average Bonchev–Trinajstić information content (AvgIpc) is 2.76. The highest BCUT2D eigenvalue weighted by molar-refractivity contribution is 6.31. The molecule has 4 heteroatoms. The molecule has 1 heterocycles. The molecule has 0 bridgehead atoms. The summed E-state index contributed by atoms with van der Waals surface area (Å²) in [6, 6.07) is 9.38. The third-order valence-corrected chi connectivity index (χ3v) is 3.06. The maximum Gasteiger partial charge on any atom is 0.224 e. The van der Waals surface area contributed by atoms with Crippen LogP contribution < -0.4 is 5.32 Å². The molecule has 94 valence electrons. The van der Waals surface area contributed by atoms with Crippen LogP contribution in [0, 0.1) is 0 Å². The van der Waals surface area contributed by atoms with Gasteiger partial charge in [0.05, 0.1) is 6.42 Å². The molecule has 1 aromatic carbocycles. The van der Waals surface area contributed by atoms with E-state index in [1.54, 1.807) is 6.07 Å². The summed E-state index contributed by atoms with van der Waals surface area (Å²) >= 11 is 6.01. The number of aryl methyl sites for hydroxylation is 1. The van der Waals surface area contributed by atoms with Crippen LogP contribution in [0.2, 0.25) is 5.02 Å². The second kappa shape index (κ2) is 5.74. The van der Waals surface area contributed by atoms with Crippen LogP contribution in [0.25, 0.3) is 0 Å². The third-order valence-electron chi connectivity index (χ3n) is 2.69. The molecule has 0 atom stereocenters. The fourth-order valence-electron chi connectivity index (χ4n) is 1.74. The van der Waals surface area contributed by atoms with E-state index in [4.69, 9.17) is 11.6 Å². The third kappa shape index (κ3) is 3.37. The number of hydrogen-bond acceptors (Lipinski definition) is 1. The van der Waals surface area contributed by atoms with Gasteiger partial charge in [-0.2, -0.15) is 0 Å². The van der Waals surface area contributed by atoms with Crippen LogP contribution in [0.4, 0.5) is 0 Å². The lowest BCUT2D eigenvalue weighted by Crippen LogP contribution is -2.24. The molecule has 0 aliphatic rings. The van der Waals surface area contributed by atoms with Crippen molar-refractivity contribution in [1.29, 1.82) is 0 Å². The first-order valence-corrected chi connectivity index (χ1v) is 6.14. The van der Waals surface area contributed by atoms with Crippen LogP contribution in [0.15, 0.2) is 42.7 Å². The first-order chi connectivity index (χ1) is 8.65. The zero-order valence-electron chi connectivity index (χ0n) is 10.2. The Morgan fingerprint density at radius 1 is 1.33 bits per heavy atom. The summed E-state index contributed by atoms with van der Waals surface area (Å²) in [5, 5.41) is 3.51. The van der Waals surface area contributed by atoms with Crippen molar-refractivity contribution in [2.75, 3.05) is 0 Å². The molecule has 0 radical (unpaired) electrons. The SMILES string of the molecule is Cn1ccc(CNC(=O)Cc2ccccc2Cl)c1.